The summed E-state index contributed by atoms with van der Waals surface area (Å²) in [6.07, 6.45) is 2.04. The van der Waals surface area contributed by atoms with Crippen LogP contribution in [0.4, 0.5) is 5.69 Å². The summed E-state index contributed by atoms with van der Waals surface area (Å²) in [5, 5.41) is 3.42. The van der Waals surface area contributed by atoms with Crippen molar-refractivity contribution in [2.24, 2.45) is 0 Å². The van der Waals surface area contributed by atoms with E-state index in [4.69, 9.17) is 0 Å². The summed E-state index contributed by atoms with van der Waals surface area (Å²) in [7, 11) is 0. The number of benzene rings is 1. The molecule has 0 amide bonds. The zero-order valence-electron chi connectivity index (χ0n) is 11.4. The van der Waals surface area contributed by atoms with Crippen LogP contribution in [-0.4, -0.2) is 31.0 Å². The SMILES string of the molecule is CCc1ccccc1N1CC(C)(C)NCC1C=O. The highest BCUT2D eigenvalue weighted by molar-refractivity contribution is 5.69. The van der Waals surface area contributed by atoms with Crippen LogP contribution in [0.3, 0.4) is 0 Å². The molecule has 98 valence electrons. The summed E-state index contributed by atoms with van der Waals surface area (Å²) >= 11 is 0. The van der Waals surface area contributed by atoms with Gasteiger partial charge >= 0.3 is 0 Å². The molecule has 1 aliphatic rings. The molecule has 1 heterocycles. The third-order valence-corrected chi connectivity index (χ3v) is 3.59. The second kappa shape index (κ2) is 5.11. The van der Waals surface area contributed by atoms with Gasteiger partial charge in [-0.1, -0.05) is 25.1 Å². The van der Waals surface area contributed by atoms with Crippen molar-refractivity contribution < 1.29 is 4.79 Å². The predicted molar refractivity (Wildman–Crippen MR) is 75.1 cm³/mol. The van der Waals surface area contributed by atoms with E-state index in [9.17, 15) is 4.79 Å². The van der Waals surface area contributed by atoms with Gasteiger partial charge in [0.25, 0.3) is 0 Å². The molecular weight excluding hydrogens is 224 g/mol. The predicted octanol–water partition coefficient (Wildman–Crippen LogP) is 2.00. The first-order valence-electron chi connectivity index (χ1n) is 6.62. The molecule has 0 spiro atoms. The summed E-state index contributed by atoms with van der Waals surface area (Å²) < 4.78 is 0. The van der Waals surface area contributed by atoms with Crippen molar-refractivity contribution in [1.82, 2.24) is 5.32 Å². The van der Waals surface area contributed by atoms with Gasteiger partial charge in [-0.3, -0.25) is 0 Å². The molecule has 0 saturated carbocycles. The molecule has 18 heavy (non-hydrogen) atoms. The molecule has 0 aliphatic carbocycles. The van der Waals surface area contributed by atoms with Crippen molar-refractivity contribution in [2.75, 3.05) is 18.0 Å². The Morgan fingerprint density at radius 3 is 2.83 bits per heavy atom. The highest BCUT2D eigenvalue weighted by atomic mass is 16.1. The monoisotopic (exact) mass is 246 g/mol. The van der Waals surface area contributed by atoms with Crippen molar-refractivity contribution in [3.8, 4) is 0 Å². The third-order valence-electron chi connectivity index (χ3n) is 3.59. The van der Waals surface area contributed by atoms with Crippen molar-refractivity contribution in [2.45, 2.75) is 38.8 Å². The van der Waals surface area contributed by atoms with Crippen LogP contribution in [0.5, 0.6) is 0 Å². The minimum atomic E-state index is -0.0641. The van der Waals surface area contributed by atoms with Crippen LogP contribution in [0, 0.1) is 0 Å². The molecule has 1 aromatic rings. The Balaban J connectivity index is 2.35. The fourth-order valence-electron chi connectivity index (χ4n) is 2.57. The van der Waals surface area contributed by atoms with Gasteiger partial charge in [0.2, 0.25) is 0 Å². The quantitative estimate of drug-likeness (QED) is 0.828. The molecule has 0 radical (unpaired) electrons. The highest BCUT2D eigenvalue weighted by Crippen LogP contribution is 2.26. The van der Waals surface area contributed by atoms with E-state index in [0.29, 0.717) is 6.54 Å². The number of rotatable bonds is 3. The lowest BCUT2D eigenvalue weighted by molar-refractivity contribution is -0.109. The smallest absolute Gasteiger partial charge is 0.143 e. The van der Waals surface area contributed by atoms with Crippen LogP contribution in [0.1, 0.15) is 26.3 Å². The molecule has 1 atom stereocenters. The Kier molecular flexibility index (Phi) is 3.71. The summed E-state index contributed by atoms with van der Waals surface area (Å²) in [6, 6.07) is 8.31. The molecule has 1 saturated heterocycles. The lowest BCUT2D eigenvalue weighted by Gasteiger charge is -2.44. The molecule has 1 aliphatic heterocycles. The fourth-order valence-corrected chi connectivity index (χ4v) is 2.57. The maximum absolute atomic E-state index is 11.3. The Labute approximate surface area is 109 Å². The Morgan fingerprint density at radius 1 is 1.44 bits per heavy atom. The van der Waals surface area contributed by atoms with Crippen LogP contribution in [0.2, 0.25) is 0 Å². The van der Waals surface area contributed by atoms with Gasteiger partial charge in [0.1, 0.15) is 6.29 Å². The van der Waals surface area contributed by atoms with Gasteiger partial charge in [-0.15, -0.1) is 0 Å². The fraction of sp³-hybridized carbons (Fsp3) is 0.533. The molecule has 0 aromatic heterocycles. The highest BCUT2D eigenvalue weighted by Gasteiger charge is 2.32. The number of aryl methyl sites for hydroxylation is 1. The lowest BCUT2D eigenvalue weighted by Crippen LogP contribution is -2.62. The Hall–Kier alpha value is -1.35. The van der Waals surface area contributed by atoms with E-state index < -0.39 is 0 Å². The molecule has 0 bridgehead atoms. The van der Waals surface area contributed by atoms with Crippen LogP contribution >= 0.6 is 0 Å². The zero-order valence-corrected chi connectivity index (χ0v) is 11.4. The second-order valence-electron chi connectivity index (χ2n) is 5.58. The maximum atomic E-state index is 11.3. The number of anilines is 1. The zero-order chi connectivity index (χ0) is 13.2. The average molecular weight is 246 g/mol. The number of hydrogen-bond acceptors (Lipinski definition) is 3. The summed E-state index contributed by atoms with van der Waals surface area (Å²) in [5.41, 5.74) is 2.55. The third kappa shape index (κ3) is 2.56. The normalized spacial score (nSPS) is 22.8. The summed E-state index contributed by atoms with van der Waals surface area (Å²) in [5.74, 6) is 0. The number of para-hydroxylation sites is 1. The van der Waals surface area contributed by atoms with E-state index in [-0.39, 0.29) is 11.6 Å². The average Bonchev–Trinajstić information content (AvgIpc) is 2.37. The van der Waals surface area contributed by atoms with Gasteiger partial charge < -0.3 is 15.0 Å². The summed E-state index contributed by atoms with van der Waals surface area (Å²) in [4.78, 5) is 13.5. The minimum absolute atomic E-state index is 0.0420. The molecule has 1 N–H and O–H groups in total. The van der Waals surface area contributed by atoms with E-state index >= 15 is 0 Å². The molecule has 2 rings (SSSR count). The molecule has 1 unspecified atom stereocenters. The van der Waals surface area contributed by atoms with Crippen molar-refractivity contribution >= 4 is 12.0 Å². The van der Waals surface area contributed by atoms with Gasteiger partial charge in [0.15, 0.2) is 0 Å². The van der Waals surface area contributed by atoms with Crippen LogP contribution in [-0.2, 0) is 11.2 Å². The van der Waals surface area contributed by atoms with Crippen LogP contribution in [0.15, 0.2) is 24.3 Å². The molecular formula is C15H22N2O. The standard InChI is InChI=1S/C15H22N2O/c1-4-12-7-5-6-8-14(12)17-11-15(2,3)16-9-13(17)10-18/h5-8,10,13,16H,4,9,11H2,1-3H3. The van der Waals surface area contributed by atoms with Crippen LogP contribution in [0.25, 0.3) is 0 Å². The Bertz CT molecular complexity index is 428. The number of carbonyl (C=O) groups is 1. The second-order valence-corrected chi connectivity index (χ2v) is 5.58. The van der Waals surface area contributed by atoms with Gasteiger partial charge in [-0.05, 0) is 31.9 Å². The molecule has 3 heteroatoms. The largest absolute Gasteiger partial charge is 0.358 e. The van der Waals surface area contributed by atoms with Gasteiger partial charge in [0.05, 0.1) is 6.04 Å². The van der Waals surface area contributed by atoms with Crippen molar-refractivity contribution in [3.63, 3.8) is 0 Å². The topological polar surface area (TPSA) is 32.3 Å². The minimum Gasteiger partial charge on any atom is -0.358 e. The number of carbonyl (C=O) groups excluding carboxylic acids is 1. The number of piperazine rings is 1. The number of aldehydes is 1. The first kappa shape index (κ1) is 13.1. The summed E-state index contributed by atoms with van der Waals surface area (Å²) in [6.45, 7) is 8.08. The molecule has 1 fully saturated rings. The van der Waals surface area contributed by atoms with Gasteiger partial charge in [0, 0.05) is 24.3 Å². The Morgan fingerprint density at radius 2 is 2.17 bits per heavy atom. The lowest BCUT2D eigenvalue weighted by atomic mass is 9.97. The number of hydrogen-bond donors (Lipinski definition) is 1. The van der Waals surface area contributed by atoms with Crippen LogP contribution < -0.4 is 10.2 Å². The van der Waals surface area contributed by atoms with Crippen molar-refractivity contribution in [1.29, 1.82) is 0 Å². The molecule has 1 aromatic carbocycles. The van der Waals surface area contributed by atoms with E-state index in [1.165, 1.54) is 11.3 Å². The maximum Gasteiger partial charge on any atom is 0.143 e. The van der Waals surface area contributed by atoms with Gasteiger partial charge in [-0.25, -0.2) is 0 Å². The van der Waals surface area contributed by atoms with Gasteiger partial charge in [-0.2, -0.15) is 0 Å². The number of nitrogens with one attached hydrogen (secondary N) is 1. The number of nitrogens with zero attached hydrogens (tertiary/aromatic N) is 1. The van der Waals surface area contributed by atoms with E-state index in [1.807, 2.05) is 6.07 Å². The van der Waals surface area contributed by atoms with E-state index in [1.54, 1.807) is 0 Å². The van der Waals surface area contributed by atoms with E-state index in [2.05, 4.69) is 49.2 Å². The molecule has 3 nitrogen and oxygen atoms in total. The first-order chi connectivity index (χ1) is 8.57. The van der Waals surface area contributed by atoms with E-state index in [0.717, 1.165) is 19.3 Å². The van der Waals surface area contributed by atoms with Crippen molar-refractivity contribution in [3.05, 3.63) is 29.8 Å². The first-order valence-corrected chi connectivity index (χ1v) is 6.62.